The van der Waals surface area contributed by atoms with Crippen molar-refractivity contribution < 1.29 is 9.53 Å². The van der Waals surface area contributed by atoms with Crippen molar-refractivity contribution in [2.75, 3.05) is 5.75 Å². The van der Waals surface area contributed by atoms with Crippen LogP contribution in [0.2, 0.25) is 5.02 Å². The maximum absolute atomic E-state index is 11.6. The van der Waals surface area contributed by atoms with Crippen LogP contribution in [0.4, 0.5) is 0 Å². The molecule has 1 saturated heterocycles. The number of benzene rings is 2. The molecular weight excluding hydrogens is 364 g/mol. The fourth-order valence-electron chi connectivity index (χ4n) is 1.98. The van der Waals surface area contributed by atoms with E-state index < -0.39 is 0 Å². The molecule has 1 fully saturated rings. The van der Waals surface area contributed by atoms with Gasteiger partial charge in [-0.15, -0.1) is 0 Å². The van der Waals surface area contributed by atoms with Gasteiger partial charge in [0.1, 0.15) is 12.4 Å². The van der Waals surface area contributed by atoms with Gasteiger partial charge in [0.15, 0.2) is 4.32 Å². The van der Waals surface area contributed by atoms with E-state index in [0.29, 0.717) is 21.7 Å². The zero-order valence-corrected chi connectivity index (χ0v) is 14.9. The maximum Gasteiger partial charge on any atom is 0.259 e. The molecule has 0 aliphatic carbocycles. The lowest BCUT2D eigenvalue weighted by Crippen LogP contribution is -2.22. The van der Waals surface area contributed by atoms with Crippen molar-refractivity contribution in [2.45, 2.75) is 6.61 Å². The Kier molecular flexibility index (Phi) is 5.50. The highest BCUT2D eigenvalue weighted by atomic mass is 35.5. The first-order valence-electron chi connectivity index (χ1n) is 7.13. The van der Waals surface area contributed by atoms with Crippen molar-refractivity contribution in [1.82, 2.24) is 5.01 Å². The molecule has 0 N–H and O–H groups in total. The lowest BCUT2D eigenvalue weighted by molar-refractivity contribution is -0.123. The van der Waals surface area contributed by atoms with Crippen LogP contribution in [-0.4, -0.2) is 27.2 Å². The first-order valence-corrected chi connectivity index (χ1v) is 8.90. The Morgan fingerprint density at radius 3 is 2.54 bits per heavy atom. The number of thiocarbonyl (C=S) groups is 1. The molecule has 0 spiro atoms. The summed E-state index contributed by atoms with van der Waals surface area (Å²) in [5, 5.41) is 6.09. The third-order valence-electron chi connectivity index (χ3n) is 3.25. The molecule has 0 aromatic heterocycles. The predicted octanol–water partition coefficient (Wildman–Crippen LogP) is 4.11. The summed E-state index contributed by atoms with van der Waals surface area (Å²) in [4.78, 5) is 11.6. The third-order valence-corrected chi connectivity index (χ3v) is 4.84. The summed E-state index contributed by atoms with van der Waals surface area (Å²) in [6.07, 6.45) is 1.61. The number of ether oxygens (including phenoxy) is 1. The second-order valence-corrected chi connectivity index (χ2v) is 7.03. The largest absolute Gasteiger partial charge is 0.489 e. The molecule has 1 aliphatic rings. The molecule has 4 nitrogen and oxygen atoms in total. The molecule has 122 valence electrons. The van der Waals surface area contributed by atoms with E-state index in [4.69, 9.17) is 28.6 Å². The highest BCUT2D eigenvalue weighted by molar-refractivity contribution is 8.23. The van der Waals surface area contributed by atoms with Crippen molar-refractivity contribution in [2.24, 2.45) is 5.10 Å². The van der Waals surface area contributed by atoms with Crippen LogP contribution in [0.25, 0.3) is 0 Å². The van der Waals surface area contributed by atoms with Gasteiger partial charge < -0.3 is 4.74 Å². The quantitative estimate of drug-likeness (QED) is 0.581. The van der Waals surface area contributed by atoms with Crippen LogP contribution in [0.5, 0.6) is 5.75 Å². The first-order chi connectivity index (χ1) is 11.6. The third kappa shape index (κ3) is 4.35. The molecule has 2 aromatic carbocycles. The van der Waals surface area contributed by atoms with Gasteiger partial charge in [0.05, 0.1) is 12.0 Å². The molecule has 0 saturated carbocycles. The highest BCUT2D eigenvalue weighted by Gasteiger charge is 2.25. The fourth-order valence-corrected chi connectivity index (χ4v) is 3.07. The molecule has 24 heavy (non-hydrogen) atoms. The normalized spacial score (nSPS) is 14.6. The summed E-state index contributed by atoms with van der Waals surface area (Å²) in [6, 6.07) is 15.0. The summed E-state index contributed by atoms with van der Waals surface area (Å²) in [5.41, 5.74) is 1.91. The van der Waals surface area contributed by atoms with Gasteiger partial charge in [-0.25, -0.2) is 0 Å². The SMILES string of the molecule is O=C1CSC(=S)N1/N=C/c1ccc(OCc2ccc(Cl)cc2)cc1. The van der Waals surface area contributed by atoms with Gasteiger partial charge in [0.25, 0.3) is 5.91 Å². The number of thioether (sulfide) groups is 1. The van der Waals surface area contributed by atoms with E-state index in [1.807, 2.05) is 48.5 Å². The zero-order valence-electron chi connectivity index (χ0n) is 12.5. The second kappa shape index (κ2) is 7.79. The Labute approximate surface area is 154 Å². The average molecular weight is 377 g/mol. The first kappa shape index (κ1) is 17.0. The summed E-state index contributed by atoms with van der Waals surface area (Å²) >= 11 is 12.2. The minimum Gasteiger partial charge on any atom is -0.489 e. The number of hydrogen-bond acceptors (Lipinski definition) is 5. The monoisotopic (exact) mass is 376 g/mol. The van der Waals surface area contributed by atoms with E-state index in [2.05, 4.69) is 5.10 Å². The molecule has 0 bridgehead atoms. The summed E-state index contributed by atoms with van der Waals surface area (Å²) in [5.74, 6) is 1.02. The highest BCUT2D eigenvalue weighted by Crippen LogP contribution is 2.20. The number of hydrazone groups is 1. The average Bonchev–Trinajstić information content (AvgIpc) is 2.92. The maximum atomic E-state index is 11.6. The fraction of sp³-hybridized carbons (Fsp3) is 0.118. The molecule has 1 aliphatic heterocycles. The number of carbonyl (C=O) groups is 1. The van der Waals surface area contributed by atoms with Gasteiger partial charge in [-0.3, -0.25) is 4.79 Å². The summed E-state index contributed by atoms with van der Waals surface area (Å²) < 4.78 is 6.21. The van der Waals surface area contributed by atoms with Crippen LogP contribution >= 0.6 is 35.6 Å². The van der Waals surface area contributed by atoms with E-state index in [-0.39, 0.29) is 5.91 Å². The van der Waals surface area contributed by atoms with Crippen LogP contribution in [0, 0.1) is 0 Å². The summed E-state index contributed by atoms with van der Waals surface area (Å²) in [7, 11) is 0. The van der Waals surface area contributed by atoms with E-state index in [1.54, 1.807) is 6.21 Å². The smallest absolute Gasteiger partial charge is 0.259 e. The number of rotatable bonds is 5. The van der Waals surface area contributed by atoms with Gasteiger partial charge in [0, 0.05) is 5.02 Å². The van der Waals surface area contributed by atoms with Crippen LogP contribution in [-0.2, 0) is 11.4 Å². The van der Waals surface area contributed by atoms with Crippen molar-refractivity contribution in [1.29, 1.82) is 0 Å². The van der Waals surface area contributed by atoms with Gasteiger partial charge in [-0.05, 0) is 47.5 Å². The molecule has 0 unspecified atom stereocenters. The van der Waals surface area contributed by atoms with Crippen molar-refractivity contribution in [3.63, 3.8) is 0 Å². The number of carbonyl (C=O) groups excluding carboxylic acids is 1. The molecule has 7 heteroatoms. The van der Waals surface area contributed by atoms with E-state index in [0.717, 1.165) is 16.9 Å². The molecule has 3 rings (SSSR count). The number of hydrogen-bond donors (Lipinski definition) is 0. The van der Waals surface area contributed by atoms with Crippen LogP contribution in [0.15, 0.2) is 53.6 Å². The molecule has 1 heterocycles. The molecular formula is C17H13ClN2O2S2. The van der Waals surface area contributed by atoms with E-state index in [9.17, 15) is 4.79 Å². The van der Waals surface area contributed by atoms with Gasteiger partial charge in [-0.2, -0.15) is 10.1 Å². The number of amides is 1. The Morgan fingerprint density at radius 1 is 1.21 bits per heavy atom. The van der Waals surface area contributed by atoms with E-state index in [1.165, 1.54) is 16.8 Å². The van der Waals surface area contributed by atoms with Crippen molar-refractivity contribution in [3.8, 4) is 5.75 Å². The van der Waals surface area contributed by atoms with Crippen LogP contribution in [0.3, 0.4) is 0 Å². The van der Waals surface area contributed by atoms with E-state index >= 15 is 0 Å². The van der Waals surface area contributed by atoms with Crippen LogP contribution < -0.4 is 4.74 Å². The Morgan fingerprint density at radius 2 is 1.92 bits per heavy atom. The Balaban J connectivity index is 1.58. The molecule has 0 atom stereocenters. The lowest BCUT2D eigenvalue weighted by Gasteiger charge is -2.08. The van der Waals surface area contributed by atoms with Gasteiger partial charge in [0.2, 0.25) is 0 Å². The predicted molar refractivity (Wildman–Crippen MR) is 102 cm³/mol. The molecule has 1 amide bonds. The summed E-state index contributed by atoms with van der Waals surface area (Å²) in [6.45, 7) is 0.471. The molecule has 2 aromatic rings. The topological polar surface area (TPSA) is 41.9 Å². The second-order valence-electron chi connectivity index (χ2n) is 4.99. The number of nitrogens with zero attached hydrogens (tertiary/aromatic N) is 2. The van der Waals surface area contributed by atoms with Crippen molar-refractivity contribution in [3.05, 3.63) is 64.7 Å². The molecule has 0 radical (unpaired) electrons. The minimum atomic E-state index is -0.0934. The van der Waals surface area contributed by atoms with Gasteiger partial charge in [-0.1, -0.05) is 47.7 Å². The Bertz CT molecular complexity index is 760. The Hall–Kier alpha value is -1.89. The minimum absolute atomic E-state index is 0.0934. The lowest BCUT2D eigenvalue weighted by atomic mass is 10.2. The standard InChI is InChI=1S/C17H13ClN2O2S2/c18-14-5-1-13(2-6-14)10-22-15-7-3-12(4-8-15)9-19-20-16(21)11-24-17(20)23/h1-9H,10-11H2/b19-9+. The zero-order chi connectivity index (χ0) is 16.9. The van der Waals surface area contributed by atoms with Crippen molar-refractivity contribution >= 4 is 52.0 Å². The van der Waals surface area contributed by atoms with Gasteiger partial charge >= 0.3 is 0 Å². The number of halogens is 1. The van der Waals surface area contributed by atoms with Crippen LogP contribution in [0.1, 0.15) is 11.1 Å².